The van der Waals surface area contributed by atoms with Crippen LogP contribution in [-0.4, -0.2) is 56.1 Å². The molecule has 0 bridgehead atoms. The average molecular weight is 365 g/mol. The maximum absolute atomic E-state index is 11.9. The summed E-state index contributed by atoms with van der Waals surface area (Å²) >= 11 is 0. The molecule has 1 fully saturated rings. The first-order valence-corrected chi connectivity index (χ1v) is 6.87. The fourth-order valence-corrected chi connectivity index (χ4v) is 2.01. The Hall–Kier alpha value is -1.38. The summed E-state index contributed by atoms with van der Waals surface area (Å²) < 4.78 is 5.24. The van der Waals surface area contributed by atoms with Gasteiger partial charge in [0.05, 0.1) is 26.3 Å². The van der Waals surface area contributed by atoms with E-state index in [0.29, 0.717) is 31.1 Å². The van der Waals surface area contributed by atoms with Crippen molar-refractivity contribution in [2.24, 2.45) is 5.73 Å². The van der Waals surface area contributed by atoms with Crippen molar-refractivity contribution in [2.75, 3.05) is 50.0 Å². The lowest BCUT2D eigenvalue weighted by molar-refractivity contribution is -0.118. The fourth-order valence-electron chi connectivity index (χ4n) is 2.01. The predicted octanol–water partition coefficient (Wildman–Crippen LogP) is 0.698. The summed E-state index contributed by atoms with van der Waals surface area (Å²) in [6.07, 6.45) is 0. The Labute approximate surface area is 147 Å². The number of nitrogens with two attached hydrogens (primary N) is 1. The number of hydrogen-bond donors (Lipinski definition) is 3. The molecule has 23 heavy (non-hydrogen) atoms. The van der Waals surface area contributed by atoms with Crippen LogP contribution in [0.2, 0.25) is 0 Å². The summed E-state index contributed by atoms with van der Waals surface area (Å²) in [5.41, 5.74) is 6.57. The largest absolute Gasteiger partial charge is 0.379 e. The number of rotatable bonds is 5. The van der Waals surface area contributed by atoms with Crippen molar-refractivity contribution in [2.45, 2.75) is 0 Å². The molecule has 4 N–H and O–H groups in total. The minimum absolute atomic E-state index is 0. The van der Waals surface area contributed by atoms with Crippen LogP contribution < -0.4 is 16.4 Å². The van der Waals surface area contributed by atoms with E-state index in [0.717, 1.165) is 13.1 Å². The van der Waals surface area contributed by atoms with Crippen LogP contribution in [0.15, 0.2) is 24.3 Å². The van der Waals surface area contributed by atoms with Crippen molar-refractivity contribution in [3.8, 4) is 0 Å². The second-order valence-corrected chi connectivity index (χ2v) is 4.77. The van der Waals surface area contributed by atoms with E-state index in [2.05, 4.69) is 15.5 Å². The maximum atomic E-state index is 11.9. The molecule has 0 radical (unpaired) electrons. The van der Waals surface area contributed by atoms with Crippen molar-refractivity contribution in [1.82, 2.24) is 4.90 Å². The number of nitrogens with zero attached hydrogens (tertiary/aromatic N) is 1. The van der Waals surface area contributed by atoms with Crippen molar-refractivity contribution in [3.05, 3.63) is 24.3 Å². The number of hydrogen-bond acceptors (Lipinski definition) is 5. The summed E-state index contributed by atoms with van der Waals surface area (Å²) in [6, 6.07) is 6.92. The molecule has 1 heterocycles. The van der Waals surface area contributed by atoms with Gasteiger partial charge in [-0.25, -0.2) is 0 Å². The van der Waals surface area contributed by atoms with Gasteiger partial charge in [-0.05, 0) is 24.3 Å². The van der Waals surface area contributed by atoms with Gasteiger partial charge in [-0.2, -0.15) is 0 Å². The van der Waals surface area contributed by atoms with E-state index in [1.807, 2.05) is 0 Å². The number of carbonyl (C=O) groups excluding carboxylic acids is 2. The zero-order valence-electron chi connectivity index (χ0n) is 12.6. The number of halogens is 2. The number of ether oxygens (including phenoxy) is 1. The molecule has 1 aromatic rings. The molecule has 1 aliphatic heterocycles. The molecule has 0 aliphatic carbocycles. The Morgan fingerprint density at radius 3 is 1.96 bits per heavy atom. The molecule has 1 aliphatic rings. The number of amides is 2. The highest BCUT2D eigenvalue weighted by Crippen LogP contribution is 2.13. The summed E-state index contributed by atoms with van der Waals surface area (Å²) in [5, 5.41) is 5.46. The number of carbonyl (C=O) groups is 2. The van der Waals surface area contributed by atoms with E-state index >= 15 is 0 Å². The van der Waals surface area contributed by atoms with Crippen LogP contribution in [0.1, 0.15) is 0 Å². The third-order valence-corrected chi connectivity index (χ3v) is 3.11. The Kier molecular flexibility index (Phi) is 10.5. The Balaban J connectivity index is 0.00000242. The molecule has 0 saturated carbocycles. The number of benzene rings is 1. The molecule has 0 aromatic heterocycles. The van der Waals surface area contributed by atoms with Crippen LogP contribution in [-0.2, 0) is 14.3 Å². The van der Waals surface area contributed by atoms with Gasteiger partial charge in [0.15, 0.2) is 0 Å². The van der Waals surface area contributed by atoms with Gasteiger partial charge >= 0.3 is 0 Å². The summed E-state index contributed by atoms with van der Waals surface area (Å²) in [5.74, 6) is -0.310. The minimum atomic E-state index is -0.251. The molecule has 130 valence electrons. The molecular weight excluding hydrogens is 343 g/mol. The van der Waals surface area contributed by atoms with Gasteiger partial charge in [0, 0.05) is 24.5 Å². The van der Waals surface area contributed by atoms with Gasteiger partial charge in [0.25, 0.3) is 0 Å². The van der Waals surface area contributed by atoms with Crippen LogP contribution in [0.4, 0.5) is 11.4 Å². The standard InChI is InChI=1S/C14H20N4O3.2ClH/c15-9-13(19)16-11-1-3-12(4-2-11)17-14(20)10-18-5-7-21-8-6-18;;/h1-4H,5-10,15H2,(H,16,19)(H,17,20);2*1H. The normalized spacial score (nSPS) is 14.1. The maximum Gasteiger partial charge on any atom is 0.238 e. The molecule has 1 aromatic carbocycles. The quantitative estimate of drug-likeness (QED) is 0.714. The Morgan fingerprint density at radius 2 is 1.48 bits per heavy atom. The van der Waals surface area contributed by atoms with E-state index < -0.39 is 0 Å². The monoisotopic (exact) mass is 364 g/mol. The lowest BCUT2D eigenvalue weighted by Gasteiger charge is -2.25. The Bertz CT molecular complexity index is 493. The smallest absolute Gasteiger partial charge is 0.238 e. The lowest BCUT2D eigenvalue weighted by Crippen LogP contribution is -2.41. The van der Waals surface area contributed by atoms with Crippen molar-refractivity contribution < 1.29 is 14.3 Å². The first-order chi connectivity index (χ1) is 10.2. The Morgan fingerprint density at radius 1 is 1.00 bits per heavy atom. The highest BCUT2D eigenvalue weighted by molar-refractivity contribution is 5.94. The molecule has 0 atom stereocenters. The second-order valence-electron chi connectivity index (χ2n) is 4.77. The SMILES string of the molecule is Cl.Cl.NCC(=O)Nc1ccc(NC(=O)CN2CCOCC2)cc1. The van der Waals surface area contributed by atoms with Gasteiger partial charge in [-0.1, -0.05) is 0 Å². The zero-order valence-corrected chi connectivity index (χ0v) is 14.3. The van der Waals surface area contributed by atoms with Gasteiger partial charge in [0.2, 0.25) is 11.8 Å². The third kappa shape index (κ3) is 7.62. The summed E-state index contributed by atoms with van der Waals surface area (Å²) in [4.78, 5) is 25.1. The van der Waals surface area contributed by atoms with Crippen LogP contribution in [0.3, 0.4) is 0 Å². The molecule has 0 spiro atoms. The lowest BCUT2D eigenvalue weighted by atomic mass is 10.2. The topological polar surface area (TPSA) is 96.7 Å². The fraction of sp³-hybridized carbons (Fsp3) is 0.429. The summed E-state index contributed by atoms with van der Waals surface area (Å²) in [6.45, 7) is 3.19. The predicted molar refractivity (Wildman–Crippen MR) is 94.5 cm³/mol. The van der Waals surface area contributed by atoms with Gasteiger partial charge in [-0.3, -0.25) is 14.5 Å². The minimum Gasteiger partial charge on any atom is -0.379 e. The highest BCUT2D eigenvalue weighted by atomic mass is 35.5. The molecule has 2 rings (SSSR count). The van der Waals surface area contributed by atoms with Crippen LogP contribution in [0.5, 0.6) is 0 Å². The first-order valence-electron chi connectivity index (χ1n) is 6.87. The number of nitrogens with one attached hydrogen (secondary N) is 2. The van der Waals surface area contributed by atoms with E-state index in [1.54, 1.807) is 24.3 Å². The second kappa shape index (κ2) is 11.2. The number of morpholine rings is 1. The molecule has 0 unspecified atom stereocenters. The highest BCUT2D eigenvalue weighted by Gasteiger charge is 2.14. The van der Waals surface area contributed by atoms with Gasteiger partial charge in [-0.15, -0.1) is 24.8 Å². The van der Waals surface area contributed by atoms with Crippen LogP contribution in [0.25, 0.3) is 0 Å². The third-order valence-electron chi connectivity index (χ3n) is 3.11. The average Bonchev–Trinajstić information content (AvgIpc) is 2.50. The molecule has 9 heteroatoms. The van der Waals surface area contributed by atoms with Crippen LogP contribution >= 0.6 is 24.8 Å². The van der Waals surface area contributed by atoms with E-state index in [4.69, 9.17) is 10.5 Å². The van der Waals surface area contributed by atoms with E-state index in [1.165, 1.54) is 0 Å². The number of anilines is 2. The molecule has 7 nitrogen and oxygen atoms in total. The molecular formula is C14H22Cl2N4O3. The van der Waals surface area contributed by atoms with Crippen molar-refractivity contribution in [1.29, 1.82) is 0 Å². The van der Waals surface area contributed by atoms with E-state index in [-0.39, 0.29) is 43.2 Å². The summed E-state index contributed by atoms with van der Waals surface area (Å²) in [7, 11) is 0. The first kappa shape index (κ1) is 21.6. The molecule has 2 amide bonds. The van der Waals surface area contributed by atoms with Crippen molar-refractivity contribution in [3.63, 3.8) is 0 Å². The van der Waals surface area contributed by atoms with Gasteiger partial charge < -0.3 is 21.1 Å². The van der Waals surface area contributed by atoms with Gasteiger partial charge in [0.1, 0.15) is 0 Å². The van der Waals surface area contributed by atoms with Crippen LogP contribution in [0, 0.1) is 0 Å². The van der Waals surface area contributed by atoms with E-state index in [9.17, 15) is 9.59 Å². The van der Waals surface area contributed by atoms with Crippen molar-refractivity contribution >= 4 is 48.0 Å². The molecule has 1 saturated heterocycles. The zero-order chi connectivity index (χ0) is 15.1.